The summed E-state index contributed by atoms with van der Waals surface area (Å²) in [6, 6.07) is 11.0. The van der Waals surface area contributed by atoms with Crippen LogP contribution < -0.4 is 15.4 Å². The number of nitrogens with one attached hydrogen (secondary N) is 2. The Morgan fingerprint density at radius 1 is 0.943 bits per heavy atom. The van der Waals surface area contributed by atoms with Crippen molar-refractivity contribution >= 4 is 64.0 Å². The zero-order valence-corrected chi connectivity index (χ0v) is 21.6. The van der Waals surface area contributed by atoms with Crippen molar-refractivity contribution in [2.24, 2.45) is 4.99 Å². The van der Waals surface area contributed by atoms with Crippen molar-refractivity contribution in [1.29, 1.82) is 0 Å². The fraction of sp³-hybridized carbons (Fsp3) is 0.167. The first-order chi connectivity index (χ1) is 16.6. The van der Waals surface area contributed by atoms with Crippen LogP contribution >= 0.6 is 34.8 Å². The van der Waals surface area contributed by atoms with Gasteiger partial charge in [0.2, 0.25) is 0 Å². The smallest absolute Gasteiger partial charge is 0.259 e. The van der Waals surface area contributed by atoms with Gasteiger partial charge in [-0.05, 0) is 30.3 Å². The van der Waals surface area contributed by atoms with Gasteiger partial charge in [0, 0.05) is 44.0 Å². The van der Waals surface area contributed by atoms with Gasteiger partial charge in [0.1, 0.15) is 17.4 Å². The van der Waals surface area contributed by atoms with E-state index in [4.69, 9.17) is 39.5 Å². The molecular weight excluding hydrogens is 513 g/mol. The molecule has 0 saturated carbocycles. The Labute approximate surface area is 217 Å². The summed E-state index contributed by atoms with van der Waals surface area (Å²) in [4.78, 5) is 36.3. The number of amides is 2. The highest BCUT2D eigenvalue weighted by atomic mass is 35.5. The van der Waals surface area contributed by atoms with Gasteiger partial charge in [-0.3, -0.25) is 14.6 Å². The minimum atomic E-state index is -0.563. The summed E-state index contributed by atoms with van der Waals surface area (Å²) in [5.41, 5.74) is 1.14. The molecule has 11 heteroatoms. The number of benzene rings is 2. The van der Waals surface area contributed by atoms with Crippen LogP contribution in [-0.4, -0.2) is 55.8 Å². The van der Waals surface area contributed by atoms with E-state index in [1.807, 2.05) is 19.0 Å². The van der Waals surface area contributed by atoms with Crippen molar-refractivity contribution in [2.75, 3.05) is 38.9 Å². The van der Waals surface area contributed by atoms with Crippen LogP contribution in [0.5, 0.6) is 5.75 Å². The number of ether oxygens (including phenoxy) is 1. The summed E-state index contributed by atoms with van der Waals surface area (Å²) >= 11 is 18.5. The maximum absolute atomic E-state index is 13.2. The van der Waals surface area contributed by atoms with E-state index in [0.717, 1.165) is 5.56 Å². The molecule has 0 spiro atoms. The van der Waals surface area contributed by atoms with Gasteiger partial charge < -0.3 is 20.3 Å². The van der Waals surface area contributed by atoms with Crippen LogP contribution in [0.4, 0.5) is 11.5 Å². The predicted octanol–water partition coefficient (Wildman–Crippen LogP) is 5.49. The fourth-order valence-electron chi connectivity index (χ4n) is 3.29. The second kappa shape index (κ2) is 11.4. The summed E-state index contributed by atoms with van der Waals surface area (Å²) in [5.74, 6) is 0.0604. The zero-order chi connectivity index (χ0) is 25.7. The van der Waals surface area contributed by atoms with Crippen LogP contribution in [0.15, 0.2) is 53.7 Å². The number of methoxy groups -OCH3 is 1. The third-order valence-corrected chi connectivity index (χ3v) is 5.60. The van der Waals surface area contributed by atoms with E-state index in [2.05, 4.69) is 20.6 Å². The molecule has 0 bridgehead atoms. The largest absolute Gasteiger partial charge is 0.494 e. The van der Waals surface area contributed by atoms with Crippen molar-refractivity contribution in [2.45, 2.75) is 0 Å². The molecule has 0 atom stereocenters. The van der Waals surface area contributed by atoms with Gasteiger partial charge in [-0.15, -0.1) is 0 Å². The van der Waals surface area contributed by atoms with Gasteiger partial charge in [0.25, 0.3) is 11.8 Å². The van der Waals surface area contributed by atoms with Crippen molar-refractivity contribution < 1.29 is 14.3 Å². The number of carbonyl (C=O) groups is 2. The van der Waals surface area contributed by atoms with Gasteiger partial charge in [-0.2, -0.15) is 0 Å². The van der Waals surface area contributed by atoms with E-state index < -0.39 is 11.8 Å². The average Bonchev–Trinajstić information content (AvgIpc) is 2.81. The monoisotopic (exact) mass is 533 g/mol. The summed E-state index contributed by atoms with van der Waals surface area (Å²) in [6.07, 6.45) is 1.40. The van der Waals surface area contributed by atoms with Gasteiger partial charge in [-0.1, -0.05) is 40.9 Å². The third kappa shape index (κ3) is 6.22. The topological polar surface area (TPSA) is 95.9 Å². The van der Waals surface area contributed by atoms with Crippen LogP contribution in [0.2, 0.25) is 15.1 Å². The number of nitrogens with zero attached hydrogens (tertiary/aromatic N) is 3. The minimum Gasteiger partial charge on any atom is -0.494 e. The van der Waals surface area contributed by atoms with Crippen molar-refractivity contribution in [3.8, 4) is 5.75 Å². The van der Waals surface area contributed by atoms with E-state index in [9.17, 15) is 9.59 Å². The Morgan fingerprint density at radius 2 is 1.66 bits per heavy atom. The molecule has 3 rings (SSSR count). The summed E-state index contributed by atoms with van der Waals surface area (Å²) < 4.78 is 5.37. The molecule has 8 nitrogen and oxygen atoms in total. The Kier molecular flexibility index (Phi) is 8.56. The highest BCUT2D eigenvalue weighted by molar-refractivity contribution is 6.35. The molecule has 3 aromatic rings. The number of anilines is 2. The number of pyridine rings is 1. The second-order valence-electron chi connectivity index (χ2n) is 7.44. The van der Waals surface area contributed by atoms with Crippen LogP contribution in [-0.2, 0) is 0 Å². The quantitative estimate of drug-likeness (QED) is 0.322. The minimum absolute atomic E-state index is 0.0696. The van der Waals surface area contributed by atoms with Gasteiger partial charge in [0.05, 0.1) is 34.0 Å². The molecule has 0 saturated heterocycles. The zero-order valence-electron chi connectivity index (χ0n) is 19.3. The molecule has 1 aromatic heterocycles. The lowest BCUT2D eigenvalue weighted by atomic mass is 10.1. The number of amidine groups is 1. The maximum Gasteiger partial charge on any atom is 0.259 e. The lowest BCUT2D eigenvalue weighted by Crippen LogP contribution is -2.23. The van der Waals surface area contributed by atoms with E-state index in [1.165, 1.54) is 25.4 Å². The molecule has 0 unspecified atom stereocenters. The third-order valence-electron chi connectivity index (χ3n) is 4.85. The van der Waals surface area contributed by atoms with E-state index in [-0.39, 0.29) is 38.4 Å². The molecule has 0 radical (unpaired) electrons. The predicted molar refractivity (Wildman–Crippen MR) is 141 cm³/mol. The van der Waals surface area contributed by atoms with E-state index >= 15 is 0 Å². The number of carbonyl (C=O) groups excluding carboxylic acids is 2. The van der Waals surface area contributed by atoms with Crippen molar-refractivity contribution in [3.05, 3.63) is 80.4 Å². The number of aliphatic imine (C=N–C) groups is 1. The molecular formula is C24H22Cl3N5O3. The summed E-state index contributed by atoms with van der Waals surface area (Å²) in [6.45, 7) is 0. The van der Waals surface area contributed by atoms with E-state index in [1.54, 1.807) is 37.4 Å². The number of hydrogen-bond donors (Lipinski definition) is 2. The van der Waals surface area contributed by atoms with Crippen LogP contribution in [0, 0.1) is 0 Å². The number of hydrogen-bond acceptors (Lipinski definition) is 5. The number of aromatic nitrogens is 1. The molecule has 2 N–H and O–H groups in total. The van der Waals surface area contributed by atoms with Crippen molar-refractivity contribution in [3.63, 3.8) is 0 Å². The van der Waals surface area contributed by atoms with Gasteiger partial charge >= 0.3 is 0 Å². The molecule has 35 heavy (non-hydrogen) atoms. The molecule has 1 heterocycles. The molecule has 0 aliphatic carbocycles. The SMILES string of the molecule is CN=C(c1ccc(C(=O)Nc2c(OC)cc(Cl)cc2C(=O)Nc2ccc(Cl)cn2)c(Cl)c1)N(C)C. The second-order valence-corrected chi connectivity index (χ2v) is 8.72. The number of rotatable bonds is 6. The molecule has 182 valence electrons. The highest BCUT2D eigenvalue weighted by Crippen LogP contribution is 2.34. The van der Waals surface area contributed by atoms with Crippen LogP contribution in [0.1, 0.15) is 26.3 Å². The lowest BCUT2D eigenvalue weighted by Gasteiger charge is -2.18. The van der Waals surface area contributed by atoms with Crippen LogP contribution in [0.25, 0.3) is 0 Å². The Bertz CT molecular complexity index is 1290. The molecule has 2 amide bonds. The first-order valence-corrected chi connectivity index (χ1v) is 11.3. The Morgan fingerprint density at radius 3 is 2.23 bits per heavy atom. The molecule has 0 aliphatic rings. The van der Waals surface area contributed by atoms with Crippen molar-refractivity contribution in [1.82, 2.24) is 9.88 Å². The maximum atomic E-state index is 13.2. The Hall–Kier alpha value is -3.33. The van der Waals surface area contributed by atoms with Gasteiger partial charge in [0.15, 0.2) is 0 Å². The van der Waals surface area contributed by atoms with Crippen LogP contribution in [0.3, 0.4) is 0 Å². The average molecular weight is 535 g/mol. The molecule has 2 aromatic carbocycles. The molecule has 0 aliphatic heterocycles. The summed E-state index contributed by atoms with van der Waals surface area (Å²) in [7, 11) is 6.78. The Balaban J connectivity index is 1.95. The normalized spacial score (nSPS) is 11.1. The lowest BCUT2D eigenvalue weighted by molar-refractivity contribution is 0.102. The van der Waals surface area contributed by atoms with E-state index in [0.29, 0.717) is 10.9 Å². The first kappa shape index (κ1) is 26.3. The highest BCUT2D eigenvalue weighted by Gasteiger charge is 2.22. The first-order valence-electron chi connectivity index (χ1n) is 10.2. The fourth-order valence-corrected chi connectivity index (χ4v) is 3.88. The van der Waals surface area contributed by atoms with Gasteiger partial charge in [-0.25, -0.2) is 4.98 Å². The molecule has 0 fully saturated rings. The number of halogens is 3. The standard InChI is InChI=1S/C24H22Cl3N5O3/c1-28-22(32(2)3)13-5-7-16(18(27)9-13)23(33)31-21-17(10-15(26)11-19(21)35-4)24(34)30-20-8-6-14(25)12-29-20/h5-12H,1-4H3,(H,31,33)(H,29,30,34). The summed E-state index contributed by atoms with van der Waals surface area (Å²) in [5, 5.41) is 6.25.